The van der Waals surface area contributed by atoms with Gasteiger partial charge in [0.05, 0.1) is 5.52 Å². The van der Waals surface area contributed by atoms with E-state index in [4.69, 9.17) is 4.98 Å². The molecule has 2 aromatic carbocycles. The van der Waals surface area contributed by atoms with Crippen molar-refractivity contribution in [3.05, 3.63) is 89.5 Å². The van der Waals surface area contributed by atoms with Crippen LogP contribution in [0.3, 0.4) is 0 Å². The Labute approximate surface area is 200 Å². The predicted octanol–water partition coefficient (Wildman–Crippen LogP) is 7.04. The summed E-state index contributed by atoms with van der Waals surface area (Å²) >= 11 is 0. The second-order valence-electron chi connectivity index (χ2n) is 9.18. The number of hydrogen-bond acceptors (Lipinski definition) is 3. The first-order valence-electron chi connectivity index (χ1n) is 12.6. The Bertz CT molecular complexity index is 1080. The molecule has 0 fully saturated rings. The molecule has 1 aliphatic carbocycles. The summed E-state index contributed by atoms with van der Waals surface area (Å²) in [5, 5.41) is 1.30. The first-order chi connectivity index (χ1) is 16.2. The summed E-state index contributed by atoms with van der Waals surface area (Å²) in [6.45, 7) is 14.3. The van der Waals surface area contributed by atoms with Gasteiger partial charge in [-0.15, -0.1) is 0 Å². The number of nitrogens with zero attached hydrogens (tertiary/aromatic N) is 3. The van der Waals surface area contributed by atoms with Crippen molar-refractivity contribution in [2.75, 3.05) is 19.6 Å². The van der Waals surface area contributed by atoms with Gasteiger partial charge in [-0.1, -0.05) is 69.3 Å². The topological polar surface area (TPSA) is 19.4 Å². The van der Waals surface area contributed by atoms with E-state index in [9.17, 15) is 0 Å². The maximum Gasteiger partial charge on any atom is 0.0783 e. The van der Waals surface area contributed by atoms with E-state index in [-0.39, 0.29) is 0 Å². The zero-order chi connectivity index (χ0) is 23.2. The van der Waals surface area contributed by atoms with Crippen LogP contribution < -0.4 is 0 Å². The third-order valence-corrected chi connectivity index (χ3v) is 6.76. The van der Waals surface area contributed by atoms with Crippen molar-refractivity contribution >= 4 is 16.5 Å². The van der Waals surface area contributed by atoms with Gasteiger partial charge in [0.2, 0.25) is 0 Å². The van der Waals surface area contributed by atoms with Crippen LogP contribution in [-0.2, 0) is 13.1 Å². The second-order valence-corrected chi connectivity index (χ2v) is 9.18. The molecular formula is C30H38N3. The molecule has 0 spiro atoms. The van der Waals surface area contributed by atoms with E-state index in [1.807, 2.05) is 6.20 Å². The number of benzene rings is 2. The van der Waals surface area contributed by atoms with Crippen molar-refractivity contribution in [3.63, 3.8) is 0 Å². The molecule has 0 aliphatic heterocycles. The average Bonchev–Trinajstić information content (AvgIpc) is 3.68. The molecule has 1 atom stereocenters. The molecular weight excluding hydrogens is 402 g/mol. The normalized spacial score (nSPS) is 14.2. The summed E-state index contributed by atoms with van der Waals surface area (Å²) in [5.41, 5.74) is 7.99. The Kier molecular flexibility index (Phi) is 7.95. The van der Waals surface area contributed by atoms with Gasteiger partial charge >= 0.3 is 0 Å². The second kappa shape index (κ2) is 11.1. The van der Waals surface area contributed by atoms with Gasteiger partial charge in [0.15, 0.2) is 0 Å². The van der Waals surface area contributed by atoms with Crippen molar-refractivity contribution in [1.82, 2.24) is 14.8 Å². The minimum atomic E-state index is 0.362. The van der Waals surface area contributed by atoms with Crippen LogP contribution in [0.15, 0.2) is 60.8 Å². The third kappa shape index (κ3) is 5.54. The number of pyridine rings is 1. The van der Waals surface area contributed by atoms with Crippen LogP contribution in [0.25, 0.3) is 16.5 Å². The molecule has 0 bridgehead atoms. The smallest absolute Gasteiger partial charge is 0.0783 e. The molecule has 4 rings (SSSR count). The van der Waals surface area contributed by atoms with Gasteiger partial charge in [-0.3, -0.25) is 14.8 Å². The lowest BCUT2D eigenvalue weighted by Crippen LogP contribution is -2.27. The first kappa shape index (κ1) is 23.7. The highest BCUT2D eigenvalue weighted by molar-refractivity contribution is 6.01. The van der Waals surface area contributed by atoms with Gasteiger partial charge in [-0.2, -0.15) is 0 Å². The molecule has 173 valence electrons. The Morgan fingerprint density at radius 3 is 2.24 bits per heavy atom. The molecule has 3 heteroatoms. The van der Waals surface area contributed by atoms with Crippen LogP contribution in [0.1, 0.15) is 68.8 Å². The number of fused-ring (bicyclic) bond motifs is 1. The van der Waals surface area contributed by atoms with E-state index < -0.39 is 0 Å². The molecule has 1 radical (unpaired) electrons. The summed E-state index contributed by atoms with van der Waals surface area (Å²) in [6, 6.07) is 18.0. The summed E-state index contributed by atoms with van der Waals surface area (Å²) in [6.07, 6.45) is 8.76. The number of allylic oxidation sites excluding steroid dienone is 2. The van der Waals surface area contributed by atoms with Crippen LogP contribution >= 0.6 is 0 Å². The maximum absolute atomic E-state index is 4.90. The largest absolute Gasteiger partial charge is 0.299 e. The lowest BCUT2D eigenvalue weighted by Gasteiger charge is -2.30. The van der Waals surface area contributed by atoms with Crippen molar-refractivity contribution in [1.29, 1.82) is 0 Å². The number of rotatable bonds is 12. The number of aromatic nitrogens is 1. The summed E-state index contributed by atoms with van der Waals surface area (Å²) in [4.78, 5) is 10.1. The minimum absolute atomic E-state index is 0.362. The Morgan fingerprint density at radius 1 is 0.879 bits per heavy atom. The Hall–Kier alpha value is -2.49. The molecule has 1 heterocycles. The Morgan fingerprint density at radius 2 is 1.61 bits per heavy atom. The van der Waals surface area contributed by atoms with Gasteiger partial charge in [-0.05, 0) is 67.7 Å². The van der Waals surface area contributed by atoms with E-state index in [0.717, 1.165) is 38.2 Å². The maximum atomic E-state index is 4.90. The fourth-order valence-electron chi connectivity index (χ4n) is 4.99. The molecule has 1 unspecified atom stereocenters. The highest BCUT2D eigenvalue weighted by Gasteiger charge is 2.24. The highest BCUT2D eigenvalue weighted by atomic mass is 15.1. The predicted molar refractivity (Wildman–Crippen MR) is 141 cm³/mol. The molecule has 1 aromatic heterocycles. The molecule has 1 aliphatic rings. The van der Waals surface area contributed by atoms with Gasteiger partial charge in [0.1, 0.15) is 0 Å². The quantitative estimate of drug-likeness (QED) is 0.301. The minimum Gasteiger partial charge on any atom is -0.299 e. The summed E-state index contributed by atoms with van der Waals surface area (Å²) < 4.78 is 0. The molecule has 3 nitrogen and oxygen atoms in total. The molecule has 0 N–H and O–H groups in total. The van der Waals surface area contributed by atoms with Gasteiger partial charge in [0, 0.05) is 42.7 Å². The highest BCUT2D eigenvalue weighted by Crippen LogP contribution is 2.39. The van der Waals surface area contributed by atoms with E-state index in [2.05, 4.69) is 98.5 Å². The fourth-order valence-corrected chi connectivity index (χ4v) is 4.99. The van der Waals surface area contributed by atoms with Gasteiger partial charge < -0.3 is 0 Å². The molecule has 33 heavy (non-hydrogen) atoms. The first-order valence-corrected chi connectivity index (χ1v) is 12.6. The lowest BCUT2D eigenvalue weighted by molar-refractivity contribution is 0.212. The molecule has 0 saturated carbocycles. The standard InChI is InChI=1S/C30H38N3/c1-5-18-32(19-6-2)21-26-20-27(22-33(7-3)23(4)24-12-9-8-10-13-24)29(25-15-16-25)30-28(26)14-11-17-31-30/h8-17,20,23H,5-7,18-19,21-22H2,1-4H3. The zero-order valence-corrected chi connectivity index (χ0v) is 20.7. The fraction of sp³-hybridized carbons (Fsp3) is 0.400. The summed E-state index contributed by atoms with van der Waals surface area (Å²) in [7, 11) is 0. The van der Waals surface area contributed by atoms with Crippen molar-refractivity contribution in [2.45, 2.75) is 59.7 Å². The van der Waals surface area contributed by atoms with Crippen molar-refractivity contribution < 1.29 is 0 Å². The van der Waals surface area contributed by atoms with Crippen LogP contribution in [0, 0.1) is 6.42 Å². The van der Waals surface area contributed by atoms with E-state index in [0.29, 0.717) is 6.04 Å². The Balaban J connectivity index is 1.75. The SMILES string of the molecule is CCCN(CCC)Cc1cc(CN(CC)C(C)c2ccccc2)c(C2=C[CH]2)c2ncccc12. The zero-order valence-electron chi connectivity index (χ0n) is 20.7. The average molecular weight is 441 g/mol. The van der Waals surface area contributed by atoms with Crippen LogP contribution in [0.5, 0.6) is 0 Å². The van der Waals surface area contributed by atoms with Crippen molar-refractivity contribution in [3.8, 4) is 0 Å². The van der Waals surface area contributed by atoms with Crippen LogP contribution in [-0.4, -0.2) is 34.4 Å². The van der Waals surface area contributed by atoms with E-state index >= 15 is 0 Å². The van der Waals surface area contributed by atoms with Crippen molar-refractivity contribution in [2.24, 2.45) is 0 Å². The molecule has 0 saturated heterocycles. The summed E-state index contributed by atoms with van der Waals surface area (Å²) in [5.74, 6) is 0. The van der Waals surface area contributed by atoms with Crippen LogP contribution in [0.2, 0.25) is 0 Å². The van der Waals surface area contributed by atoms with E-state index in [1.54, 1.807) is 0 Å². The van der Waals surface area contributed by atoms with Crippen LogP contribution in [0.4, 0.5) is 0 Å². The number of hydrogen-bond donors (Lipinski definition) is 0. The molecule has 0 amide bonds. The third-order valence-electron chi connectivity index (χ3n) is 6.76. The van der Waals surface area contributed by atoms with Gasteiger partial charge in [0.25, 0.3) is 0 Å². The van der Waals surface area contributed by atoms with E-state index in [1.165, 1.54) is 46.1 Å². The van der Waals surface area contributed by atoms with Gasteiger partial charge in [-0.25, -0.2) is 0 Å². The monoisotopic (exact) mass is 440 g/mol. The molecule has 3 aromatic rings. The lowest BCUT2D eigenvalue weighted by atomic mass is 9.94.